The van der Waals surface area contributed by atoms with E-state index in [2.05, 4.69) is 0 Å². The zero-order valence-electron chi connectivity index (χ0n) is 8.88. The van der Waals surface area contributed by atoms with Crippen LogP contribution in [0.2, 0.25) is 0 Å². The third kappa shape index (κ3) is 1.25. The molecule has 0 radical (unpaired) electrons. The number of fused-ring (bicyclic) bond motifs is 2. The Balaban J connectivity index is 2.08. The Morgan fingerprint density at radius 1 is 1.43 bits per heavy atom. The first kappa shape index (κ1) is 9.93. The van der Waals surface area contributed by atoms with Gasteiger partial charge in [-0.1, -0.05) is 6.42 Å². The van der Waals surface area contributed by atoms with Gasteiger partial charge in [-0.05, 0) is 25.7 Å². The van der Waals surface area contributed by atoms with Crippen molar-refractivity contribution in [3.63, 3.8) is 0 Å². The van der Waals surface area contributed by atoms with Crippen LogP contribution >= 0.6 is 0 Å². The number of hydrogen-bond donors (Lipinski definition) is 1. The van der Waals surface area contributed by atoms with E-state index in [1.165, 1.54) is 12.2 Å². The second-order valence-electron chi connectivity index (χ2n) is 4.84. The summed E-state index contributed by atoms with van der Waals surface area (Å²) in [6.07, 6.45) is 4.79. The molecule has 0 aromatic carbocycles. The van der Waals surface area contributed by atoms with Gasteiger partial charge >= 0.3 is 0 Å². The summed E-state index contributed by atoms with van der Waals surface area (Å²) >= 11 is 0. The Morgan fingerprint density at radius 3 is 2.57 bits per heavy atom. The first-order chi connectivity index (χ1) is 6.51. The zero-order chi connectivity index (χ0) is 10.4. The molecular formula is C10H18N2O2. The Hall–Kier alpha value is -0.610. The van der Waals surface area contributed by atoms with Crippen LogP contribution in [0, 0.1) is 5.41 Å². The molecule has 0 spiro atoms. The Bertz CT molecular complexity index is 259. The highest BCUT2D eigenvalue weighted by Gasteiger charge is 2.60. The molecule has 3 fully saturated rings. The van der Waals surface area contributed by atoms with Gasteiger partial charge in [-0.25, -0.2) is 5.06 Å². The van der Waals surface area contributed by atoms with E-state index in [0.29, 0.717) is 0 Å². The fraction of sp³-hybridized carbons (Fsp3) is 0.900. The molecule has 0 atom stereocenters. The molecule has 3 rings (SSSR count). The number of rotatable bonds is 2. The minimum Gasteiger partial charge on any atom is -0.325 e. The average Bonchev–Trinajstić information content (AvgIpc) is 2.14. The lowest BCUT2D eigenvalue weighted by Gasteiger charge is -2.58. The van der Waals surface area contributed by atoms with Crippen molar-refractivity contribution in [3.8, 4) is 0 Å². The molecule has 0 heterocycles. The lowest BCUT2D eigenvalue weighted by Crippen LogP contribution is -2.65. The van der Waals surface area contributed by atoms with E-state index < -0.39 is 0 Å². The molecule has 0 aromatic rings. The van der Waals surface area contributed by atoms with E-state index in [9.17, 15) is 4.79 Å². The highest BCUT2D eigenvalue weighted by Crippen LogP contribution is 2.57. The molecule has 0 aromatic heterocycles. The lowest BCUT2D eigenvalue weighted by molar-refractivity contribution is -0.194. The molecule has 0 aliphatic heterocycles. The van der Waals surface area contributed by atoms with E-state index in [0.717, 1.165) is 32.1 Å². The van der Waals surface area contributed by atoms with Crippen LogP contribution in [0.5, 0.6) is 0 Å². The summed E-state index contributed by atoms with van der Waals surface area (Å²) in [5, 5.41) is 1.34. The summed E-state index contributed by atoms with van der Waals surface area (Å²) in [5.74, 6) is 0.0979. The molecule has 3 aliphatic carbocycles. The van der Waals surface area contributed by atoms with Crippen LogP contribution in [0.25, 0.3) is 0 Å². The standard InChI is InChI=1S/C10H18N2O2/c1-12(14-2)8(13)9-4-3-5-10(11,6-9)7-9/h3-7,11H2,1-2H3. The number of carbonyl (C=O) groups is 1. The summed E-state index contributed by atoms with van der Waals surface area (Å²) < 4.78 is 0. The molecule has 2 N–H and O–H groups in total. The largest absolute Gasteiger partial charge is 0.325 e. The van der Waals surface area contributed by atoms with E-state index >= 15 is 0 Å². The highest BCUT2D eigenvalue weighted by atomic mass is 16.7. The van der Waals surface area contributed by atoms with Gasteiger partial charge in [-0.15, -0.1) is 0 Å². The Kier molecular flexibility index (Phi) is 2.08. The average molecular weight is 198 g/mol. The molecule has 14 heavy (non-hydrogen) atoms. The van der Waals surface area contributed by atoms with Gasteiger partial charge in [-0.2, -0.15) is 0 Å². The molecule has 4 heteroatoms. The summed E-state index contributed by atoms with van der Waals surface area (Å²) in [6.45, 7) is 0. The minimum absolute atomic E-state index is 0.0531. The fourth-order valence-electron chi connectivity index (χ4n) is 3.10. The second-order valence-corrected chi connectivity index (χ2v) is 4.84. The quantitative estimate of drug-likeness (QED) is 0.663. The van der Waals surface area contributed by atoms with Crippen LogP contribution < -0.4 is 5.73 Å². The minimum atomic E-state index is -0.197. The van der Waals surface area contributed by atoms with Crippen molar-refractivity contribution in [3.05, 3.63) is 0 Å². The first-order valence-corrected chi connectivity index (χ1v) is 5.13. The number of nitrogens with two attached hydrogens (primary N) is 1. The smallest absolute Gasteiger partial charge is 0.252 e. The molecule has 4 nitrogen and oxygen atoms in total. The predicted octanol–water partition coefficient (Wildman–Crippen LogP) is 0.668. The van der Waals surface area contributed by atoms with Crippen molar-refractivity contribution in [1.82, 2.24) is 5.06 Å². The number of carbonyl (C=O) groups excluding carboxylic acids is 1. The first-order valence-electron chi connectivity index (χ1n) is 5.13. The molecule has 3 aliphatic rings. The van der Waals surface area contributed by atoms with Crippen LogP contribution in [-0.4, -0.2) is 30.7 Å². The maximum absolute atomic E-state index is 12.0. The summed E-state index contributed by atoms with van der Waals surface area (Å²) in [6, 6.07) is 0. The monoisotopic (exact) mass is 198 g/mol. The summed E-state index contributed by atoms with van der Waals surface area (Å²) in [7, 11) is 3.19. The van der Waals surface area contributed by atoms with E-state index in [1.807, 2.05) is 0 Å². The summed E-state index contributed by atoms with van der Waals surface area (Å²) in [4.78, 5) is 16.9. The molecule has 1 amide bonds. The van der Waals surface area contributed by atoms with Crippen molar-refractivity contribution < 1.29 is 9.63 Å². The molecule has 3 saturated carbocycles. The molecule has 0 saturated heterocycles. The van der Waals surface area contributed by atoms with Gasteiger partial charge in [0.2, 0.25) is 0 Å². The van der Waals surface area contributed by atoms with Crippen molar-refractivity contribution in [1.29, 1.82) is 0 Å². The van der Waals surface area contributed by atoms with Crippen LogP contribution in [-0.2, 0) is 9.63 Å². The predicted molar refractivity (Wildman–Crippen MR) is 52.2 cm³/mol. The maximum Gasteiger partial charge on any atom is 0.252 e. The van der Waals surface area contributed by atoms with Gasteiger partial charge in [0.25, 0.3) is 5.91 Å². The van der Waals surface area contributed by atoms with E-state index in [1.54, 1.807) is 7.05 Å². The topological polar surface area (TPSA) is 55.6 Å². The van der Waals surface area contributed by atoms with Crippen LogP contribution in [0.4, 0.5) is 0 Å². The van der Waals surface area contributed by atoms with Crippen LogP contribution in [0.15, 0.2) is 0 Å². The van der Waals surface area contributed by atoms with Crippen molar-refractivity contribution >= 4 is 5.91 Å². The van der Waals surface area contributed by atoms with Crippen molar-refractivity contribution in [2.45, 2.75) is 37.6 Å². The molecule has 2 bridgehead atoms. The zero-order valence-corrected chi connectivity index (χ0v) is 8.88. The summed E-state index contributed by atoms with van der Waals surface area (Å²) in [5.41, 5.74) is 5.85. The SMILES string of the molecule is CON(C)C(=O)C12CCCC(N)(C1)C2. The highest BCUT2D eigenvalue weighted by molar-refractivity contribution is 5.83. The normalized spacial score (nSPS) is 40.2. The number of hydrogen-bond acceptors (Lipinski definition) is 3. The lowest BCUT2D eigenvalue weighted by atomic mass is 9.50. The Labute approximate surface area is 84.3 Å². The van der Waals surface area contributed by atoms with Crippen molar-refractivity contribution in [2.24, 2.45) is 11.1 Å². The van der Waals surface area contributed by atoms with Gasteiger partial charge in [0.15, 0.2) is 0 Å². The fourth-order valence-corrected chi connectivity index (χ4v) is 3.10. The van der Waals surface area contributed by atoms with Crippen LogP contribution in [0.1, 0.15) is 32.1 Å². The Morgan fingerprint density at radius 2 is 2.07 bits per heavy atom. The second kappa shape index (κ2) is 2.94. The van der Waals surface area contributed by atoms with E-state index in [-0.39, 0.29) is 16.9 Å². The molecule has 0 unspecified atom stereocenters. The molecule has 80 valence electrons. The van der Waals surface area contributed by atoms with E-state index in [4.69, 9.17) is 10.6 Å². The number of hydroxylamine groups is 2. The number of nitrogens with zero attached hydrogens (tertiary/aromatic N) is 1. The van der Waals surface area contributed by atoms with Crippen LogP contribution in [0.3, 0.4) is 0 Å². The maximum atomic E-state index is 12.0. The van der Waals surface area contributed by atoms with Gasteiger partial charge < -0.3 is 5.73 Å². The third-order valence-corrected chi connectivity index (χ3v) is 3.72. The van der Waals surface area contributed by atoms with Gasteiger partial charge in [0.1, 0.15) is 0 Å². The van der Waals surface area contributed by atoms with Crippen molar-refractivity contribution in [2.75, 3.05) is 14.2 Å². The van der Waals surface area contributed by atoms with Gasteiger partial charge in [0.05, 0.1) is 12.5 Å². The third-order valence-electron chi connectivity index (χ3n) is 3.72. The molecular weight excluding hydrogens is 180 g/mol. The number of amides is 1. The van der Waals surface area contributed by atoms with Gasteiger partial charge in [-0.3, -0.25) is 9.63 Å². The van der Waals surface area contributed by atoms with Gasteiger partial charge in [0, 0.05) is 12.6 Å².